The van der Waals surface area contributed by atoms with Crippen LogP contribution in [0.4, 0.5) is 0 Å². The molecule has 2 unspecified atom stereocenters. The second-order valence-electron chi connectivity index (χ2n) is 6.39. The fraction of sp³-hybridized carbons (Fsp3) is 0.600. The van der Waals surface area contributed by atoms with Crippen molar-refractivity contribution in [3.63, 3.8) is 0 Å². The van der Waals surface area contributed by atoms with Crippen LogP contribution in [-0.4, -0.2) is 5.72 Å². The summed E-state index contributed by atoms with van der Waals surface area (Å²) in [6.45, 7) is 0. The van der Waals surface area contributed by atoms with E-state index in [9.17, 15) is 0 Å². The minimum Gasteiger partial charge on any atom is -0.348 e. The van der Waals surface area contributed by atoms with Crippen molar-refractivity contribution in [3.8, 4) is 0 Å². The number of nitrogens with one attached hydrogen (secondary N) is 1. The van der Waals surface area contributed by atoms with E-state index in [4.69, 9.17) is 10.6 Å². The van der Waals surface area contributed by atoms with Gasteiger partial charge in [0.05, 0.1) is 5.60 Å². The van der Waals surface area contributed by atoms with Gasteiger partial charge in [-0.15, -0.1) is 0 Å². The minimum absolute atomic E-state index is 0.0856. The molecule has 2 saturated carbocycles. The van der Waals surface area contributed by atoms with Crippen LogP contribution in [0.25, 0.3) is 0 Å². The molecule has 2 aliphatic carbocycles. The van der Waals surface area contributed by atoms with E-state index in [0.717, 1.165) is 37.5 Å². The third-order valence-corrected chi connectivity index (χ3v) is 5.09. The van der Waals surface area contributed by atoms with Gasteiger partial charge in [0.25, 0.3) is 0 Å². The number of ether oxygens (including phenoxy) is 1. The molecule has 0 radical (unpaired) electrons. The van der Waals surface area contributed by atoms with Crippen molar-refractivity contribution in [2.24, 2.45) is 17.7 Å². The lowest BCUT2D eigenvalue weighted by molar-refractivity contribution is -0.292. The molecule has 3 N–H and O–H groups in total. The van der Waals surface area contributed by atoms with Crippen molar-refractivity contribution in [2.75, 3.05) is 0 Å². The molecule has 1 aromatic rings. The molecular formula is C15H20N2O. The number of nitrogens with two attached hydrogens (primary N) is 1. The summed E-state index contributed by atoms with van der Waals surface area (Å²) >= 11 is 0. The zero-order valence-electron chi connectivity index (χ0n) is 10.6. The first-order valence-electron chi connectivity index (χ1n) is 6.97. The molecule has 5 rings (SSSR count). The van der Waals surface area contributed by atoms with Crippen LogP contribution in [0.3, 0.4) is 0 Å². The Morgan fingerprint density at radius 2 is 1.72 bits per heavy atom. The van der Waals surface area contributed by atoms with Gasteiger partial charge in [-0.25, -0.2) is 5.43 Å². The Hall–Kier alpha value is -0.900. The molecule has 18 heavy (non-hydrogen) atoms. The summed E-state index contributed by atoms with van der Waals surface area (Å²) in [5.41, 5.74) is 3.96. The highest BCUT2D eigenvalue weighted by Crippen LogP contribution is 2.60. The molecule has 2 saturated heterocycles. The standard InChI is InChI=1S/C15H20N2O/c16-17-15-9-11-6-12(10-15)8-14(7-11,18-15)13-4-2-1-3-5-13/h1-5,11-12,17H,6-10,16H2. The molecule has 96 valence electrons. The molecule has 0 aromatic heterocycles. The second-order valence-corrected chi connectivity index (χ2v) is 6.39. The quantitative estimate of drug-likeness (QED) is 0.620. The van der Waals surface area contributed by atoms with E-state index in [-0.39, 0.29) is 11.3 Å². The average Bonchev–Trinajstić information content (AvgIpc) is 2.38. The van der Waals surface area contributed by atoms with Gasteiger partial charge in [0.2, 0.25) is 0 Å². The minimum atomic E-state index is -0.264. The van der Waals surface area contributed by atoms with Crippen LogP contribution >= 0.6 is 0 Å². The number of hydrogen-bond donors (Lipinski definition) is 2. The van der Waals surface area contributed by atoms with Crippen LogP contribution in [0.1, 0.15) is 37.7 Å². The smallest absolute Gasteiger partial charge is 0.132 e. The molecule has 3 nitrogen and oxygen atoms in total. The van der Waals surface area contributed by atoms with Crippen LogP contribution in [-0.2, 0) is 10.3 Å². The summed E-state index contributed by atoms with van der Waals surface area (Å²) in [7, 11) is 0. The van der Waals surface area contributed by atoms with Crippen molar-refractivity contribution in [1.29, 1.82) is 0 Å². The first-order chi connectivity index (χ1) is 8.74. The SMILES string of the molecule is NNC12CC3CC(C1)CC(c1ccccc1)(C3)O2. The molecular weight excluding hydrogens is 224 g/mol. The number of hydrazine groups is 1. The van der Waals surface area contributed by atoms with Crippen LogP contribution in [0.5, 0.6) is 0 Å². The Bertz CT molecular complexity index is 445. The van der Waals surface area contributed by atoms with Crippen LogP contribution in [0, 0.1) is 11.8 Å². The maximum absolute atomic E-state index is 6.50. The van der Waals surface area contributed by atoms with Crippen LogP contribution in [0.2, 0.25) is 0 Å². The fourth-order valence-electron chi connectivity index (χ4n) is 4.71. The molecule has 1 aromatic carbocycles. The summed E-state index contributed by atoms with van der Waals surface area (Å²) in [4.78, 5) is 0. The van der Waals surface area contributed by atoms with Gasteiger partial charge in [-0.2, -0.15) is 0 Å². The first kappa shape index (κ1) is 11.0. The summed E-state index contributed by atoms with van der Waals surface area (Å²) in [5.74, 6) is 7.32. The Balaban J connectivity index is 1.78. The zero-order valence-corrected chi connectivity index (χ0v) is 10.6. The van der Waals surface area contributed by atoms with Crippen LogP contribution < -0.4 is 11.3 Å². The van der Waals surface area contributed by atoms with Crippen molar-refractivity contribution >= 4 is 0 Å². The fourth-order valence-corrected chi connectivity index (χ4v) is 4.71. The average molecular weight is 244 g/mol. The number of hydrogen-bond acceptors (Lipinski definition) is 3. The summed E-state index contributed by atoms with van der Waals surface area (Å²) in [5, 5.41) is 0. The maximum atomic E-state index is 6.50. The van der Waals surface area contributed by atoms with Gasteiger partial charge in [-0.05, 0) is 49.5 Å². The predicted octanol–water partition coefficient (Wildman–Crippen LogP) is 2.28. The van der Waals surface area contributed by atoms with E-state index in [0.29, 0.717) is 0 Å². The Morgan fingerprint density at radius 1 is 1.06 bits per heavy atom. The van der Waals surface area contributed by atoms with Crippen LogP contribution in [0.15, 0.2) is 30.3 Å². The second kappa shape index (κ2) is 3.56. The van der Waals surface area contributed by atoms with Gasteiger partial charge < -0.3 is 4.74 Å². The summed E-state index contributed by atoms with van der Waals surface area (Å²) in [6, 6.07) is 10.7. The van der Waals surface area contributed by atoms with E-state index in [1.807, 2.05) is 0 Å². The highest BCUT2D eigenvalue weighted by atomic mass is 16.5. The van der Waals surface area contributed by atoms with Gasteiger partial charge in [0.1, 0.15) is 5.72 Å². The Labute approximate surface area is 108 Å². The van der Waals surface area contributed by atoms with Crippen molar-refractivity contribution in [3.05, 3.63) is 35.9 Å². The molecule has 4 fully saturated rings. The van der Waals surface area contributed by atoms with Gasteiger partial charge >= 0.3 is 0 Å². The van der Waals surface area contributed by atoms with Crippen molar-refractivity contribution in [2.45, 2.75) is 43.4 Å². The van der Waals surface area contributed by atoms with E-state index in [1.165, 1.54) is 12.0 Å². The van der Waals surface area contributed by atoms with E-state index < -0.39 is 0 Å². The highest BCUT2D eigenvalue weighted by molar-refractivity contribution is 5.26. The lowest BCUT2D eigenvalue weighted by Gasteiger charge is -2.61. The molecule has 4 bridgehead atoms. The molecule has 2 atom stereocenters. The van der Waals surface area contributed by atoms with Gasteiger partial charge in [-0.3, -0.25) is 5.84 Å². The molecule has 2 aliphatic heterocycles. The number of rotatable bonds is 2. The molecule has 3 heteroatoms. The molecule has 4 aliphatic rings. The monoisotopic (exact) mass is 244 g/mol. The normalized spacial score (nSPS) is 45.4. The Morgan fingerprint density at radius 3 is 2.33 bits per heavy atom. The van der Waals surface area contributed by atoms with E-state index in [1.54, 1.807) is 0 Å². The molecule has 0 amide bonds. The number of benzene rings is 1. The molecule has 0 spiro atoms. The summed E-state index contributed by atoms with van der Waals surface area (Å²) < 4.78 is 6.50. The van der Waals surface area contributed by atoms with Crippen molar-refractivity contribution in [1.82, 2.24) is 5.43 Å². The summed E-state index contributed by atoms with van der Waals surface area (Å²) in [6.07, 6.45) is 5.85. The Kier molecular flexibility index (Phi) is 2.17. The predicted molar refractivity (Wildman–Crippen MR) is 69.3 cm³/mol. The largest absolute Gasteiger partial charge is 0.348 e. The lowest BCUT2D eigenvalue weighted by Crippen LogP contribution is -2.66. The van der Waals surface area contributed by atoms with Crippen molar-refractivity contribution < 1.29 is 4.74 Å². The third-order valence-electron chi connectivity index (χ3n) is 5.09. The van der Waals surface area contributed by atoms with Gasteiger partial charge in [-0.1, -0.05) is 30.3 Å². The third kappa shape index (κ3) is 1.41. The van der Waals surface area contributed by atoms with E-state index >= 15 is 0 Å². The van der Waals surface area contributed by atoms with Gasteiger partial charge in [0.15, 0.2) is 0 Å². The molecule has 2 heterocycles. The lowest BCUT2D eigenvalue weighted by atomic mass is 9.59. The first-order valence-corrected chi connectivity index (χ1v) is 6.97. The van der Waals surface area contributed by atoms with E-state index in [2.05, 4.69) is 35.8 Å². The highest BCUT2D eigenvalue weighted by Gasteiger charge is 2.59. The maximum Gasteiger partial charge on any atom is 0.132 e. The topological polar surface area (TPSA) is 47.3 Å². The van der Waals surface area contributed by atoms with Gasteiger partial charge in [0, 0.05) is 0 Å². The zero-order chi connectivity index (χ0) is 12.2.